The molecule has 0 bridgehead atoms. The zero-order valence-corrected chi connectivity index (χ0v) is 42.3. The van der Waals surface area contributed by atoms with Gasteiger partial charge in [0.2, 0.25) is 0 Å². The lowest BCUT2D eigenvalue weighted by Gasteiger charge is -2.38. The van der Waals surface area contributed by atoms with Gasteiger partial charge in [-0.05, 0) is 125 Å². The van der Waals surface area contributed by atoms with Crippen LogP contribution in [0.2, 0.25) is 0 Å². The van der Waals surface area contributed by atoms with Gasteiger partial charge in [-0.2, -0.15) is 0 Å². The smallest absolute Gasteiger partial charge is 0.0726 e. The van der Waals surface area contributed by atoms with Crippen molar-refractivity contribution in [3.05, 3.63) is 330 Å². The van der Waals surface area contributed by atoms with Crippen LogP contribution in [0.3, 0.4) is 0 Å². The fraction of sp³-hybridized carbons (Fsp3) is 0.0270. The van der Waals surface area contributed by atoms with E-state index < -0.39 is 10.8 Å². The van der Waals surface area contributed by atoms with E-state index in [1.165, 1.54) is 120 Å². The summed E-state index contributed by atoms with van der Waals surface area (Å²) in [4.78, 5) is 2.62. The van der Waals surface area contributed by atoms with Gasteiger partial charge in [0.25, 0.3) is 0 Å². The van der Waals surface area contributed by atoms with Gasteiger partial charge in [-0.1, -0.05) is 255 Å². The molecule has 354 valence electrons. The summed E-state index contributed by atoms with van der Waals surface area (Å²) in [6.45, 7) is 0. The van der Waals surface area contributed by atoms with Crippen molar-refractivity contribution < 1.29 is 0 Å². The fourth-order valence-corrected chi connectivity index (χ4v) is 15.3. The van der Waals surface area contributed by atoms with Crippen LogP contribution in [0.15, 0.2) is 285 Å². The van der Waals surface area contributed by atoms with Crippen molar-refractivity contribution in [1.29, 1.82) is 0 Å². The summed E-state index contributed by atoms with van der Waals surface area (Å²) in [5, 5.41) is 2.55. The Morgan fingerprint density at radius 1 is 0.263 bits per heavy atom. The van der Waals surface area contributed by atoms with Crippen molar-refractivity contribution in [2.24, 2.45) is 0 Å². The van der Waals surface area contributed by atoms with E-state index in [1.807, 2.05) is 11.3 Å². The number of rotatable bonds is 7. The van der Waals surface area contributed by atoms with Crippen molar-refractivity contribution in [1.82, 2.24) is 0 Å². The van der Waals surface area contributed by atoms with Gasteiger partial charge in [0.1, 0.15) is 0 Å². The van der Waals surface area contributed by atoms with Gasteiger partial charge in [0, 0.05) is 26.7 Å². The third-order valence-electron chi connectivity index (χ3n) is 17.0. The molecule has 1 spiro atoms. The number of hydrogen-bond donors (Lipinski definition) is 0. The number of fused-ring (bicyclic) bond motifs is 16. The van der Waals surface area contributed by atoms with Gasteiger partial charge in [-0.25, -0.2) is 0 Å². The number of hydrogen-bond acceptors (Lipinski definition) is 2. The lowest BCUT2D eigenvalue weighted by molar-refractivity contribution is 0.772. The molecule has 2 heteroatoms. The van der Waals surface area contributed by atoms with Gasteiger partial charge >= 0.3 is 0 Å². The second-order valence-electron chi connectivity index (χ2n) is 20.5. The highest BCUT2D eigenvalue weighted by atomic mass is 32.1. The minimum absolute atomic E-state index is 0.499. The molecule has 0 amide bonds. The maximum Gasteiger partial charge on any atom is 0.0726 e. The topological polar surface area (TPSA) is 3.24 Å². The SMILES string of the molecule is c1ccc(-c2ccccc2C2(c3ccccc3-c3ccccc3)c3ccccc3-c3ccc(N(c4cccc5c4-c4ccccc4C54c5ccccc5-c5ccccc54)c4cccc5c4sc4ccccc45)cc32)cc1. The molecule has 76 heavy (non-hydrogen) atoms. The predicted molar refractivity (Wildman–Crippen MR) is 318 cm³/mol. The van der Waals surface area contributed by atoms with E-state index in [1.54, 1.807) is 0 Å². The van der Waals surface area contributed by atoms with Crippen LogP contribution in [0.25, 0.3) is 75.8 Å². The molecule has 1 aromatic heterocycles. The minimum atomic E-state index is -0.747. The molecular formula is C74H47NS. The maximum absolute atomic E-state index is 2.62. The molecule has 0 atom stereocenters. The molecule has 12 aromatic carbocycles. The van der Waals surface area contributed by atoms with Crippen LogP contribution in [0.1, 0.15) is 44.5 Å². The van der Waals surface area contributed by atoms with Gasteiger partial charge in [-0.3, -0.25) is 0 Å². The molecule has 1 nitrogen and oxygen atoms in total. The molecule has 3 aliphatic rings. The summed E-state index contributed by atoms with van der Waals surface area (Å²) >= 11 is 1.89. The number of thiophene rings is 1. The molecule has 0 fully saturated rings. The summed E-state index contributed by atoms with van der Waals surface area (Å²) in [7, 11) is 0. The number of nitrogens with zero attached hydrogens (tertiary/aromatic N) is 1. The van der Waals surface area contributed by atoms with Crippen LogP contribution < -0.4 is 4.90 Å². The second-order valence-corrected chi connectivity index (χ2v) is 21.6. The highest BCUT2D eigenvalue weighted by molar-refractivity contribution is 7.26. The van der Waals surface area contributed by atoms with Crippen LogP contribution in [0, 0.1) is 0 Å². The first kappa shape index (κ1) is 43.1. The molecule has 0 radical (unpaired) electrons. The van der Waals surface area contributed by atoms with E-state index in [9.17, 15) is 0 Å². The lowest BCUT2D eigenvalue weighted by atomic mass is 9.64. The third-order valence-corrected chi connectivity index (χ3v) is 18.2. The molecule has 16 rings (SSSR count). The summed E-state index contributed by atoms with van der Waals surface area (Å²) in [5.74, 6) is 0. The Morgan fingerprint density at radius 2 is 0.658 bits per heavy atom. The van der Waals surface area contributed by atoms with Gasteiger partial charge in [0.15, 0.2) is 0 Å². The normalized spacial score (nSPS) is 13.7. The molecule has 0 unspecified atom stereocenters. The molecule has 0 N–H and O–H groups in total. The van der Waals surface area contributed by atoms with Crippen molar-refractivity contribution in [2.75, 3.05) is 4.90 Å². The first-order valence-electron chi connectivity index (χ1n) is 26.4. The van der Waals surface area contributed by atoms with E-state index >= 15 is 0 Å². The van der Waals surface area contributed by atoms with E-state index in [-0.39, 0.29) is 0 Å². The molecule has 0 saturated heterocycles. The first-order chi connectivity index (χ1) is 37.7. The van der Waals surface area contributed by atoms with Gasteiger partial charge in [0.05, 0.1) is 26.9 Å². The first-order valence-corrected chi connectivity index (χ1v) is 27.2. The van der Waals surface area contributed by atoms with Crippen molar-refractivity contribution >= 4 is 48.6 Å². The van der Waals surface area contributed by atoms with E-state index in [0.29, 0.717) is 0 Å². The minimum Gasteiger partial charge on any atom is -0.308 e. The zero-order valence-electron chi connectivity index (χ0n) is 41.5. The Morgan fingerprint density at radius 3 is 1.24 bits per heavy atom. The predicted octanol–water partition coefficient (Wildman–Crippen LogP) is 19.6. The van der Waals surface area contributed by atoms with Crippen LogP contribution >= 0.6 is 11.3 Å². The van der Waals surface area contributed by atoms with Crippen molar-refractivity contribution in [3.63, 3.8) is 0 Å². The van der Waals surface area contributed by atoms with Crippen LogP contribution in [-0.4, -0.2) is 0 Å². The Balaban J connectivity index is 1.04. The Kier molecular flexibility index (Phi) is 9.40. The average Bonchev–Trinajstić information content (AvgIpc) is 4.41. The average molecular weight is 982 g/mol. The Hall–Kier alpha value is -9.34. The number of anilines is 3. The maximum atomic E-state index is 2.62. The Bertz CT molecular complexity index is 4360. The van der Waals surface area contributed by atoms with Crippen LogP contribution in [0.5, 0.6) is 0 Å². The van der Waals surface area contributed by atoms with Crippen LogP contribution in [0.4, 0.5) is 17.1 Å². The van der Waals surface area contributed by atoms with Crippen molar-refractivity contribution in [2.45, 2.75) is 10.8 Å². The van der Waals surface area contributed by atoms with E-state index in [4.69, 9.17) is 0 Å². The third kappa shape index (κ3) is 5.79. The van der Waals surface area contributed by atoms with E-state index in [2.05, 4.69) is 290 Å². The molecule has 13 aromatic rings. The molecule has 0 saturated carbocycles. The highest BCUT2D eigenvalue weighted by Crippen LogP contribution is 2.66. The van der Waals surface area contributed by atoms with Gasteiger partial charge < -0.3 is 4.90 Å². The largest absolute Gasteiger partial charge is 0.308 e. The number of benzene rings is 12. The zero-order chi connectivity index (χ0) is 50.0. The molecule has 1 heterocycles. The summed E-state index contributed by atoms with van der Waals surface area (Å²) in [5.41, 5.74) is 25.0. The lowest BCUT2D eigenvalue weighted by Crippen LogP contribution is -2.30. The van der Waals surface area contributed by atoms with E-state index in [0.717, 1.165) is 17.1 Å². The standard InChI is InChI=1S/C74H47NS/c1-3-23-48(24-4-1)51-27-7-14-35-60(51)74(61-36-15-8-28-52(61)49-25-5-2-6-26-49)64-39-18-11-31-55(64)56-46-45-50(47-67(56)74)75(69-43-21-34-58-57-32-13-20-44-70(57)76-72(58)69)68-42-22-41-66-71(68)59-33-12-19-40-65(59)73(66)62-37-16-9-29-53(62)54-30-10-17-38-63(54)73/h1-47H. The molecule has 0 aliphatic heterocycles. The molecular weight excluding hydrogens is 935 g/mol. The van der Waals surface area contributed by atoms with Crippen molar-refractivity contribution in [3.8, 4) is 55.6 Å². The quantitative estimate of drug-likeness (QED) is 0.154. The second kappa shape index (κ2) is 16.6. The summed E-state index contributed by atoms with van der Waals surface area (Å²) < 4.78 is 2.54. The monoisotopic (exact) mass is 981 g/mol. The highest BCUT2D eigenvalue weighted by Gasteiger charge is 2.53. The van der Waals surface area contributed by atoms with Gasteiger partial charge in [-0.15, -0.1) is 11.3 Å². The summed E-state index contributed by atoms with van der Waals surface area (Å²) in [6, 6.07) is 107. The Labute approximate surface area is 446 Å². The van der Waals surface area contributed by atoms with Crippen LogP contribution in [-0.2, 0) is 10.8 Å². The summed E-state index contributed by atoms with van der Waals surface area (Å²) in [6.07, 6.45) is 0. The molecule has 3 aliphatic carbocycles. The fourth-order valence-electron chi connectivity index (χ4n) is 14.1.